The van der Waals surface area contributed by atoms with Crippen LogP contribution in [-0.2, 0) is 4.74 Å². The first-order valence-corrected chi connectivity index (χ1v) is 7.93. The Hall–Kier alpha value is -1.22. The second kappa shape index (κ2) is 7.53. The molecule has 1 unspecified atom stereocenters. The minimum Gasteiger partial charge on any atom is -0.507 e. The number of benzene rings is 1. The quantitative estimate of drug-likeness (QED) is 0.472. The highest BCUT2D eigenvalue weighted by Crippen LogP contribution is 2.54. The van der Waals surface area contributed by atoms with E-state index in [4.69, 9.17) is 9.47 Å². The predicted molar refractivity (Wildman–Crippen MR) is 80.5 cm³/mol. The first kappa shape index (κ1) is 15.2. The molecule has 112 valence electrons. The lowest BCUT2D eigenvalue weighted by atomic mass is 10.0. The molecular formula is C17H26O3. The van der Waals surface area contributed by atoms with E-state index >= 15 is 0 Å². The first-order valence-electron chi connectivity index (χ1n) is 7.93. The minimum absolute atomic E-state index is 0.0383. The monoisotopic (exact) mass is 278 g/mol. The molecule has 0 bridgehead atoms. The summed E-state index contributed by atoms with van der Waals surface area (Å²) in [6, 6.07) is 3.51. The van der Waals surface area contributed by atoms with Crippen molar-refractivity contribution in [1.82, 2.24) is 0 Å². The molecule has 0 spiro atoms. The lowest BCUT2D eigenvalue weighted by molar-refractivity contribution is 0.0523. The molecule has 3 nitrogen and oxygen atoms in total. The summed E-state index contributed by atoms with van der Waals surface area (Å²) >= 11 is 0. The molecule has 0 radical (unpaired) electrons. The molecule has 1 aromatic rings. The lowest BCUT2D eigenvalue weighted by Gasteiger charge is -2.17. The predicted octanol–water partition coefficient (Wildman–Crippen LogP) is 5.33. The molecule has 1 aromatic carbocycles. The van der Waals surface area contributed by atoms with Gasteiger partial charge in [-0.25, -0.2) is 0 Å². The van der Waals surface area contributed by atoms with E-state index in [1.807, 2.05) is 13.0 Å². The van der Waals surface area contributed by atoms with Crippen LogP contribution < -0.4 is 4.74 Å². The Labute approximate surface area is 121 Å². The maximum Gasteiger partial charge on any atom is 0.179 e. The maximum absolute atomic E-state index is 10.0. The van der Waals surface area contributed by atoms with Gasteiger partial charge in [0.2, 0.25) is 0 Å². The van der Waals surface area contributed by atoms with Crippen LogP contribution in [-0.4, -0.2) is 11.7 Å². The summed E-state index contributed by atoms with van der Waals surface area (Å²) < 4.78 is 11.2. The molecule has 0 aromatic heterocycles. The van der Waals surface area contributed by atoms with Gasteiger partial charge >= 0.3 is 0 Å². The van der Waals surface area contributed by atoms with E-state index in [1.165, 1.54) is 32.1 Å². The number of ether oxygens (including phenoxy) is 2. The van der Waals surface area contributed by atoms with Crippen LogP contribution in [0.4, 0.5) is 0 Å². The van der Waals surface area contributed by atoms with Gasteiger partial charge in [0.05, 0.1) is 11.7 Å². The molecule has 0 saturated carbocycles. The third-order valence-electron chi connectivity index (χ3n) is 3.82. The number of phenols is 1. The highest BCUT2D eigenvalue weighted by atomic mass is 16.6. The number of unbranched alkanes of at least 4 members (excludes halogenated alkanes) is 5. The van der Waals surface area contributed by atoms with Gasteiger partial charge in [-0.1, -0.05) is 45.4 Å². The lowest BCUT2D eigenvalue weighted by Crippen LogP contribution is -2.04. The van der Waals surface area contributed by atoms with Crippen molar-refractivity contribution in [2.75, 3.05) is 6.61 Å². The Balaban J connectivity index is 1.85. The van der Waals surface area contributed by atoms with Crippen LogP contribution in [0.3, 0.4) is 0 Å². The Morgan fingerprint density at radius 1 is 1.10 bits per heavy atom. The van der Waals surface area contributed by atoms with Gasteiger partial charge in [-0.3, -0.25) is 0 Å². The van der Waals surface area contributed by atoms with Crippen LogP contribution >= 0.6 is 0 Å². The van der Waals surface area contributed by atoms with Crippen LogP contribution in [0.5, 0.6) is 17.2 Å². The van der Waals surface area contributed by atoms with Crippen molar-refractivity contribution in [3.63, 3.8) is 0 Å². The van der Waals surface area contributed by atoms with Crippen LogP contribution in [0.25, 0.3) is 0 Å². The molecular weight excluding hydrogens is 252 g/mol. The standard InChI is InChI=1S/C17H26O3/c1-3-5-6-7-8-9-10-14(19-4-2)16-13(18)11-12-15-17(16)20-15/h11-12,14,18H,3-10H2,1-2H3. The Morgan fingerprint density at radius 3 is 2.60 bits per heavy atom. The second-order valence-corrected chi connectivity index (χ2v) is 5.43. The van der Waals surface area contributed by atoms with Crippen molar-refractivity contribution in [3.8, 4) is 17.2 Å². The molecule has 2 rings (SSSR count). The molecule has 1 atom stereocenters. The maximum atomic E-state index is 10.0. The van der Waals surface area contributed by atoms with Crippen molar-refractivity contribution in [3.05, 3.63) is 17.7 Å². The van der Waals surface area contributed by atoms with Crippen molar-refractivity contribution in [2.45, 2.75) is 64.9 Å². The fraction of sp³-hybridized carbons (Fsp3) is 0.647. The smallest absolute Gasteiger partial charge is 0.179 e. The highest BCUT2D eigenvalue weighted by Gasteiger charge is 2.31. The zero-order chi connectivity index (χ0) is 14.4. The summed E-state index contributed by atoms with van der Waals surface area (Å²) in [5.41, 5.74) is 0.845. The van der Waals surface area contributed by atoms with E-state index in [2.05, 4.69) is 6.92 Å². The van der Waals surface area contributed by atoms with Crippen LogP contribution in [0.15, 0.2) is 12.1 Å². The number of phenolic OH excluding ortho intramolecular Hbond substituents is 1. The number of aromatic hydroxyl groups is 1. The van der Waals surface area contributed by atoms with Crippen molar-refractivity contribution < 1.29 is 14.6 Å². The number of rotatable bonds is 10. The molecule has 0 aliphatic carbocycles. The van der Waals surface area contributed by atoms with Crippen molar-refractivity contribution in [2.24, 2.45) is 0 Å². The zero-order valence-corrected chi connectivity index (χ0v) is 12.7. The Kier molecular flexibility index (Phi) is 5.72. The average Bonchev–Trinajstić information content (AvgIpc) is 3.21. The number of fused-ring (bicyclic) bond motifs is 1. The molecule has 1 N–H and O–H groups in total. The third-order valence-corrected chi connectivity index (χ3v) is 3.82. The van der Waals surface area contributed by atoms with E-state index in [9.17, 15) is 5.11 Å². The number of hydrogen-bond acceptors (Lipinski definition) is 3. The topological polar surface area (TPSA) is 42.0 Å². The van der Waals surface area contributed by atoms with Gasteiger partial charge in [-0.05, 0) is 25.5 Å². The average molecular weight is 278 g/mol. The summed E-state index contributed by atoms with van der Waals surface area (Å²) in [7, 11) is 0. The molecule has 0 saturated heterocycles. The molecule has 0 amide bonds. The van der Waals surface area contributed by atoms with Crippen molar-refractivity contribution >= 4 is 0 Å². The summed E-state index contributed by atoms with van der Waals surface area (Å²) in [5, 5.41) is 10.0. The summed E-state index contributed by atoms with van der Waals surface area (Å²) in [6.45, 7) is 4.88. The molecule has 1 aliphatic heterocycles. The largest absolute Gasteiger partial charge is 0.507 e. The number of hydrogen-bond donors (Lipinski definition) is 1. The van der Waals surface area contributed by atoms with E-state index < -0.39 is 0 Å². The SMILES string of the molecule is CCCCCCCCC(OCC)c1c(O)ccc2c1O2. The van der Waals surface area contributed by atoms with Crippen LogP contribution in [0.2, 0.25) is 0 Å². The Morgan fingerprint density at radius 2 is 1.85 bits per heavy atom. The fourth-order valence-corrected chi connectivity index (χ4v) is 2.68. The van der Waals surface area contributed by atoms with Crippen molar-refractivity contribution in [1.29, 1.82) is 0 Å². The van der Waals surface area contributed by atoms with Gasteiger partial charge in [-0.2, -0.15) is 0 Å². The minimum atomic E-state index is -0.0383. The fourth-order valence-electron chi connectivity index (χ4n) is 2.68. The zero-order valence-electron chi connectivity index (χ0n) is 12.7. The summed E-state index contributed by atoms with van der Waals surface area (Å²) in [5.74, 6) is 2.01. The highest BCUT2D eigenvalue weighted by molar-refractivity contribution is 5.64. The Bertz CT molecular complexity index is 425. The van der Waals surface area contributed by atoms with Gasteiger partial charge in [0.25, 0.3) is 0 Å². The molecule has 3 heteroatoms. The van der Waals surface area contributed by atoms with Gasteiger partial charge in [0.1, 0.15) is 5.75 Å². The molecule has 1 aliphatic rings. The van der Waals surface area contributed by atoms with Crippen LogP contribution in [0, 0.1) is 0 Å². The van der Waals surface area contributed by atoms with Gasteiger partial charge in [0.15, 0.2) is 11.5 Å². The molecule has 20 heavy (non-hydrogen) atoms. The van der Waals surface area contributed by atoms with Crippen LogP contribution in [0.1, 0.15) is 70.5 Å². The summed E-state index contributed by atoms with van der Waals surface area (Å²) in [4.78, 5) is 0. The van der Waals surface area contributed by atoms with Gasteiger partial charge in [0, 0.05) is 6.61 Å². The molecule has 1 heterocycles. The van der Waals surface area contributed by atoms with Gasteiger partial charge < -0.3 is 14.6 Å². The summed E-state index contributed by atoms with van der Waals surface area (Å²) in [6.07, 6.45) is 8.51. The molecule has 0 fully saturated rings. The second-order valence-electron chi connectivity index (χ2n) is 5.43. The van der Waals surface area contributed by atoms with E-state index in [0.717, 1.165) is 29.9 Å². The first-order chi connectivity index (χ1) is 9.77. The van der Waals surface area contributed by atoms with E-state index in [-0.39, 0.29) is 6.10 Å². The van der Waals surface area contributed by atoms with E-state index in [1.54, 1.807) is 6.07 Å². The van der Waals surface area contributed by atoms with E-state index in [0.29, 0.717) is 12.4 Å². The third kappa shape index (κ3) is 3.89. The van der Waals surface area contributed by atoms with Gasteiger partial charge in [-0.15, -0.1) is 0 Å². The normalized spacial score (nSPS) is 13.7.